The van der Waals surface area contributed by atoms with E-state index >= 15 is 0 Å². The zero-order valence-corrected chi connectivity index (χ0v) is 13.4. The number of hydrogen-bond donors (Lipinski definition) is 0. The molecule has 2 aromatic heterocycles. The van der Waals surface area contributed by atoms with Gasteiger partial charge in [-0.2, -0.15) is 5.10 Å². The number of ether oxygens (including phenoxy) is 2. The van der Waals surface area contributed by atoms with E-state index in [1.807, 2.05) is 30.3 Å². The van der Waals surface area contributed by atoms with E-state index in [-0.39, 0.29) is 11.2 Å². The third-order valence-corrected chi connectivity index (χ3v) is 3.76. The van der Waals surface area contributed by atoms with Gasteiger partial charge in [0.15, 0.2) is 5.75 Å². The molecule has 6 nitrogen and oxygen atoms in total. The molecule has 0 N–H and O–H groups in total. The molecule has 4 aromatic rings. The fraction of sp³-hybridized carbons (Fsp3) is 0.0526. The van der Waals surface area contributed by atoms with Gasteiger partial charge >= 0.3 is 0 Å². The molecular weight excluding hydrogens is 320 g/mol. The Labute approximate surface area is 142 Å². The molecule has 0 aliphatic carbocycles. The summed E-state index contributed by atoms with van der Waals surface area (Å²) in [7, 11) is 1.56. The summed E-state index contributed by atoms with van der Waals surface area (Å²) in [5.74, 6) is 1.17. The number of nitrogens with zero attached hydrogens (tertiary/aromatic N) is 2. The van der Waals surface area contributed by atoms with Gasteiger partial charge in [-0.15, -0.1) is 0 Å². The summed E-state index contributed by atoms with van der Waals surface area (Å²) in [6.45, 7) is 0. The molecule has 25 heavy (non-hydrogen) atoms. The fourth-order valence-corrected chi connectivity index (χ4v) is 2.50. The number of para-hydroxylation sites is 1. The maximum Gasteiger partial charge on any atom is 0.235 e. The highest BCUT2D eigenvalue weighted by atomic mass is 16.5. The summed E-state index contributed by atoms with van der Waals surface area (Å²) in [5.41, 5.74) is 1.09. The Morgan fingerprint density at radius 3 is 2.72 bits per heavy atom. The van der Waals surface area contributed by atoms with Gasteiger partial charge in [0.1, 0.15) is 17.6 Å². The summed E-state index contributed by atoms with van der Waals surface area (Å²) >= 11 is 0. The second-order valence-electron chi connectivity index (χ2n) is 5.35. The van der Waals surface area contributed by atoms with Gasteiger partial charge in [-0.25, -0.2) is 4.68 Å². The minimum Gasteiger partial charge on any atom is -0.497 e. The summed E-state index contributed by atoms with van der Waals surface area (Å²) in [6.07, 6.45) is 4.54. The number of aromatic nitrogens is 2. The Hall–Kier alpha value is -3.54. The van der Waals surface area contributed by atoms with Crippen molar-refractivity contribution in [2.45, 2.75) is 0 Å². The summed E-state index contributed by atoms with van der Waals surface area (Å²) in [4.78, 5) is 12.6. The quantitative estimate of drug-likeness (QED) is 0.568. The van der Waals surface area contributed by atoms with Crippen molar-refractivity contribution in [3.63, 3.8) is 0 Å². The molecule has 0 amide bonds. The van der Waals surface area contributed by atoms with Gasteiger partial charge in [-0.05, 0) is 24.3 Å². The van der Waals surface area contributed by atoms with E-state index in [1.54, 1.807) is 42.4 Å². The van der Waals surface area contributed by atoms with Crippen LogP contribution >= 0.6 is 0 Å². The molecule has 0 atom stereocenters. The van der Waals surface area contributed by atoms with Crippen molar-refractivity contribution in [1.82, 2.24) is 9.78 Å². The van der Waals surface area contributed by atoms with E-state index in [2.05, 4.69) is 5.10 Å². The second-order valence-corrected chi connectivity index (χ2v) is 5.35. The van der Waals surface area contributed by atoms with Gasteiger partial charge in [0.25, 0.3) is 0 Å². The number of fused-ring (bicyclic) bond motifs is 1. The van der Waals surface area contributed by atoms with Crippen LogP contribution in [0.3, 0.4) is 0 Å². The zero-order valence-electron chi connectivity index (χ0n) is 13.4. The van der Waals surface area contributed by atoms with Gasteiger partial charge in [0.2, 0.25) is 11.2 Å². The van der Waals surface area contributed by atoms with Crippen LogP contribution in [-0.2, 0) is 0 Å². The molecule has 0 saturated heterocycles. The predicted molar refractivity (Wildman–Crippen MR) is 92.7 cm³/mol. The van der Waals surface area contributed by atoms with Crippen LogP contribution in [-0.4, -0.2) is 16.9 Å². The number of methoxy groups -OCH3 is 1. The largest absolute Gasteiger partial charge is 0.497 e. The normalized spacial score (nSPS) is 10.8. The summed E-state index contributed by atoms with van der Waals surface area (Å²) in [5, 5.41) is 4.66. The van der Waals surface area contributed by atoms with Crippen LogP contribution in [0.4, 0.5) is 0 Å². The van der Waals surface area contributed by atoms with E-state index in [4.69, 9.17) is 13.9 Å². The van der Waals surface area contributed by atoms with Crippen molar-refractivity contribution in [1.29, 1.82) is 0 Å². The van der Waals surface area contributed by atoms with E-state index in [9.17, 15) is 4.79 Å². The highest BCUT2D eigenvalue weighted by molar-refractivity contribution is 5.79. The first kappa shape index (κ1) is 15.0. The van der Waals surface area contributed by atoms with Crippen LogP contribution in [0.5, 0.6) is 17.2 Å². The average molecular weight is 334 g/mol. The Bertz CT molecular complexity index is 1080. The third kappa shape index (κ3) is 2.85. The highest BCUT2D eigenvalue weighted by Crippen LogP contribution is 2.24. The van der Waals surface area contributed by atoms with Gasteiger partial charge in [-0.3, -0.25) is 4.79 Å². The Morgan fingerprint density at radius 2 is 1.92 bits per heavy atom. The smallest absolute Gasteiger partial charge is 0.235 e. The molecule has 0 fully saturated rings. The standard InChI is InChI=1S/C19H14N2O4/c1-23-14-7-8-16-17(9-14)24-12-18(19(16)22)25-15-10-20-21(11-15)13-5-3-2-4-6-13/h2-12H,1H3. The lowest BCUT2D eigenvalue weighted by Crippen LogP contribution is -2.04. The lowest BCUT2D eigenvalue weighted by atomic mass is 10.2. The lowest BCUT2D eigenvalue weighted by molar-refractivity contribution is 0.413. The van der Waals surface area contributed by atoms with Crippen molar-refractivity contribution in [3.05, 3.63) is 77.4 Å². The topological polar surface area (TPSA) is 66.5 Å². The first-order chi connectivity index (χ1) is 12.2. The van der Waals surface area contributed by atoms with E-state index in [1.165, 1.54) is 6.26 Å². The maximum atomic E-state index is 12.6. The Morgan fingerprint density at radius 1 is 1.08 bits per heavy atom. The molecule has 0 radical (unpaired) electrons. The first-order valence-corrected chi connectivity index (χ1v) is 7.62. The van der Waals surface area contributed by atoms with E-state index in [0.717, 1.165) is 5.69 Å². The van der Waals surface area contributed by atoms with Crippen LogP contribution in [0.1, 0.15) is 0 Å². The SMILES string of the molecule is COc1ccc2c(=O)c(Oc3cnn(-c4ccccc4)c3)coc2c1. The summed E-state index contributed by atoms with van der Waals surface area (Å²) in [6, 6.07) is 14.6. The number of hydrogen-bond acceptors (Lipinski definition) is 5. The minimum atomic E-state index is -0.253. The van der Waals surface area contributed by atoms with Crippen molar-refractivity contribution < 1.29 is 13.9 Å². The average Bonchev–Trinajstić information content (AvgIpc) is 3.13. The van der Waals surface area contributed by atoms with Crippen LogP contribution < -0.4 is 14.9 Å². The van der Waals surface area contributed by atoms with Gasteiger partial charge in [-0.1, -0.05) is 18.2 Å². The molecule has 2 heterocycles. The van der Waals surface area contributed by atoms with Crippen LogP contribution in [0, 0.1) is 0 Å². The molecule has 0 aliphatic rings. The minimum absolute atomic E-state index is 0.102. The molecule has 2 aromatic carbocycles. The van der Waals surface area contributed by atoms with Crippen LogP contribution in [0.15, 0.2) is 76.4 Å². The number of rotatable bonds is 4. The molecule has 6 heteroatoms. The van der Waals surface area contributed by atoms with Crippen LogP contribution in [0.2, 0.25) is 0 Å². The van der Waals surface area contributed by atoms with E-state index in [0.29, 0.717) is 22.5 Å². The Balaban J connectivity index is 1.66. The molecule has 0 saturated carbocycles. The van der Waals surface area contributed by atoms with Gasteiger partial charge < -0.3 is 13.9 Å². The highest BCUT2D eigenvalue weighted by Gasteiger charge is 2.11. The van der Waals surface area contributed by atoms with Crippen molar-refractivity contribution in [2.75, 3.05) is 7.11 Å². The van der Waals surface area contributed by atoms with Gasteiger partial charge in [0.05, 0.1) is 30.6 Å². The molecule has 0 bridgehead atoms. The molecule has 124 valence electrons. The fourth-order valence-electron chi connectivity index (χ4n) is 2.50. The lowest BCUT2D eigenvalue weighted by Gasteiger charge is -2.04. The van der Waals surface area contributed by atoms with Crippen molar-refractivity contribution in [3.8, 4) is 22.9 Å². The van der Waals surface area contributed by atoms with Crippen LogP contribution in [0.25, 0.3) is 16.7 Å². The summed E-state index contributed by atoms with van der Waals surface area (Å²) < 4.78 is 18.0. The van der Waals surface area contributed by atoms with Crippen molar-refractivity contribution in [2.24, 2.45) is 0 Å². The maximum absolute atomic E-state index is 12.6. The Kier molecular flexibility index (Phi) is 3.70. The first-order valence-electron chi connectivity index (χ1n) is 7.62. The monoisotopic (exact) mass is 334 g/mol. The molecule has 0 spiro atoms. The van der Waals surface area contributed by atoms with Crippen molar-refractivity contribution >= 4 is 11.0 Å². The molecule has 4 rings (SSSR count). The molecule has 0 aliphatic heterocycles. The predicted octanol–water partition coefficient (Wildman–Crippen LogP) is 3.78. The zero-order chi connectivity index (χ0) is 17.2. The van der Waals surface area contributed by atoms with Gasteiger partial charge in [0, 0.05) is 6.07 Å². The van der Waals surface area contributed by atoms with E-state index < -0.39 is 0 Å². The number of benzene rings is 2. The third-order valence-electron chi connectivity index (χ3n) is 3.76. The molecule has 0 unspecified atom stereocenters. The second kappa shape index (κ2) is 6.16. The molecular formula is C19H14N2O4.